The Morgan fingerprint density at radius 1 is 1.27 bits per heavy atom. The van der Waals surface area contributed by atoms with Crippen molar-refractivity contribution in [1.82, 2.24) is 9.97 Å². The monoisotopic (exact) mass is 222 g/mol. The molecule has 0 fully saturated rings. The summed E-state index contributed by atoms with van der Waals surface area (Å²) in [6.45, 7) is 1.82. The van der Waals surface area contributed by atoms with Gasteiger partial charge in [0.1, 0.15) is 5.82 Å². The highest BCUT2D eigenvalue weighted by molar-refractivity contribution is 6.33. The van der Waals surface area contributed by atoms with E-state index in [0.717, 1.165) is 5.69 Å². The number of hydrogen-bond donors (Lipinski definition) is 0. The number of rotatable bonds is 1. The van der Waals surface area contributed by atoms with Crippen LogP contribution in [0.25, 0.3) is 11.4 Å². The molecule has 1 aromatic heterocycles. The fourth-order valence-corrected chi connectivity index (χ4v) is 1.53. The zero-order chi connectivity index (χ0) is 10.8. The van der Waals surface area contributed by atoms with Gasteiger partial charge in [0.05, 0.1) is 10.6 Å². The maximum Gasteiger partial charge on any atom is 0.163 e. The minimum atomic E-state index is -0.409. The first-order chi connectivity index (χ1) is 7.18. The zero-order valence-electron chi connectivity index (χ0n) is 8.04. The van der Waals surface area contributed by atoms with Gasteiger partial charge in [0, 0.05) is 11.9 Å². The van der Waals surface area contributed by atoms with Gasteiger partial charge in [0.15, 0.2) is 5.82 Å². The number of halogens is 2. The molecular formula is C11H8ClFN2. The van der Waals surface area contributed by atoms with Gasteiger partial charge in [0.2, 0.25) is 0 Å². The van der Waals surface area contributed by atoms with Gasteiger partial charge in [-0.1, -0.05) is 17.7 Å². The fraction of sp³-hybridized carbons (Fsp3) is 0.0909. The van der Waals surface area contributed by atoms with Crippen LogP contribution in [-0.2, 0) is 0 Å². The molecule has 0 amide bonds. The summed E-state index contributed by atoms with van der Waals surface area (Å²) in [6.07, 6.45) is 1.58. The molecule has 2 aromatic rings. The van der Waals surface area contributed by atoms with Crippen LogP contribution in [0.1, 0.15) is 5.69 Å². The van der Waals surface area contributed by atoms with Crippen molar-refractivity contribution in [3.05, 3.63) is 47.0 Å². The van der Waals surface area contributed by atoms with Crippen molar-refractivity contribution in [1.29, 1.82) is 0 Å². The SMILES string of the molecule is Cc1ccnc(-c2c(F)cccc2Cl)n1. The molecule has 4 heteroatoms. The molecule has 0 spiro atoms. The highest BCUT2D eigenvalue weighted by atomic mass is 35.5. The van der Waals surface area contributed by atoms with Gasteiger partial charge < -0.3 is 0 Å². The van der Waals surface area contributed by atoms with Gasteiger partial charge in [-0.15, -0.1) is 0 Å². The topological polar surface area (TPSA) is 25.8 Å². The minimum Gasteiger partial charge on any atom is -0.236 e. The first-order valence-corrected chi connectivity index (χ1v) is 4.80. The number of benzene rings is 1. The van der Waals surface area contributed by atoms with Gasteiger partial charge in [-0.2, -0.15) is 0 Å². The molecule has 76 valence electrons. The van der Waals surface area contributed by atoms with E-state index in [1.54, 1.807) is 24.4 Å². The summed E-state index contributed by atoms with van der Waals surface area (Å²) >= 11 is 5.90. The summed E-state index contributed by atoms with van der Waals surface area (Å²) < 4.78 is 13.5. The molecule has 1 aromatic carbocycles. The Kier molecular flexibility index (Phi) is 2.64. The van der Waals surface area contributed by atoms with Crippen molar-refractivity contribution >= 4 is 11.6 Å². The highest BCUT2D eigenvalue weighted by Crippen LogP contribution is 2.27. The van der Waals surface area contributed by atoms with Crippen LogP contribution < -0.4 is 0 Å². The van der Waals surface area contributed by atoms with E-state index in [0.29, 0.717) is 10.8 Å². The largest absolute Gasteiger partial charge is 0.236 e. The van der Waals surface area contributed by atoms with Gasteiger partial charge >= 0.3 is 0 Å². The third-order valence-electron chi connectivity index (χ3n) is 1.98. The number of aryl methyl sites for hydroxylation is 1. The molecule has 15 heavy (non-hydrogen) atoms. The lowest BCUT2D eigenvalue weighted by Crippen LogP contribution is -1.94. The Bertz CT molecular complexity index is 479. The number of hydrogen-bond acceptors (Lipinski definition) is 2. The maximum atomic E-state index is 13.5. The Morgan fingerprint density at radius 3 is 2.73 bits per heavy atom. The van der Waals surface area contributed by atoms with Gasteiger partial charge in [-0.25, -0.2) is 14.4 Å². The Balaban J connectivity index is 2.63. The van der Waals surface area contributed by atoms with Crippen LogP contribution in [0.15, 0.2) is 30.5 Å². The van der Waals surface area contributed by atoms with E-state index < -0.39 is 5.82 Å². The average molecular weight is 223 g/mol. The highest BCUT2D eigenvalue weighted by Gasteiger charge is 2.11. The quantitative estimate of drug-likeness (QED) is 0.740. The van der Waals surface area contributed by atoms with E-state index >= 15 is 0 Å². The summed E-state index contributed by atoms with van der Waals surface area (Å²) in [6, 6.07) is 6.26. The molecule has 0 radical (unpaired) electrons. The molecule has 0 aliphatic carbocycles. The molecule has 0 aliphatic heterocycles. The first kappa shape index (κ1) is 10.1. The zero-order valence-corrected chi connectivity index (χ0v) is 8.79. The van der Waals surface area contributed by atoms with Gasteiger partial charge in [-0.05, 0) is 25.1 Å². The smallest absolute Gasteiger partial charge is 0.163 e. The predicted octanol–water partition coefficient (Wildman–Crippen LogP) is 3.24. The van der Waals surface area contributed by atoms with Crippen LogP contribution >= 0.6 is 11.6 Å². The molecule has 2 nitrogen and oxygen atoms in total. The van der Waals surface area contributed by atoms with Gasteiger partial charge in [0.25, 0.3) is 0 Å². The molecule has 0 unspecified atom stereocenters. The van der Waals surface area contributed by atoms with E-state index in [4.69, 9.17) is 11.6 Å². The summed E-state index contributed by atoms with van der Waals surface area (Å²) in [5, 5.41) is 0.320. The van der Waals surface area contributed by atoms with Crippen molar-refractivity contribution in [2.24, 2.45) is 0 Å². The van der Waals surface area contributed by atoms with Crippen LogP contribution in [0.5, 0.6) is 0 Å². The molecule has 2 rings (SSSR count). The standard InChI is InChI=1S/C11H8ClFN2/c1-7-5-6-14-11(15-7)10-8(12)3-2-4-9(10)13/h2-6H,1H3. The lowest BCUT2D eigenvalue weighted by atomic mass is 10.2. The molecule has 0 saturated heterocycles. The lowest BCUT2D eigenvalue weighted by Gasteiger charge is -2.04. The Morgan fingerprint density at radius 2 is 2.07 bits per heavy atom. The van der Waals surface area contributed by atoms with Crippen molar-refractivity contribution in [2.45, 2.75) is 6.92 Å². The van der Waals surface area contributed by atoms with E-state index in [2.05, 4.69) is 9.97 Å². The molecule has 0 bridgehead atoms. The van der Waals surface area contributed by atoms with Gasteiger partial charge in [-0.3, -0.25) is 0 Å². The van der Waals surface area contributed by atoms with Crippen LogP contribution in [0.4, 0.5) is 4.39 Å². The molecular weight excluding hydrogens is 215 g/mol. The van der Waals surface area contributed by atoms with E-state index in [1.807, 2.05) is 6.92 Å². The van der Waals surface area contributed by atoms with Crippen LogP contribution in [-0.4, -0.2) is 9.97 Å². The second-order valence-corrected chi connectivity index (χ2v) is 3.53. The van der Waals surface area contributed by atoms with Crippen molar-refractivity contribution < 1.29 is 4.39 Å². The molecule has 0 N–H and O–H groups in total. The second kappa shape index (κ2) is 3.95. The van der Waals surface area contributed by atoms with Crippen molar-refractivity contribution in [2.75, 3.05) is 0 Å². The van der Waals surface area contributed by atoms with E-state index in [1.165, 1.54) is 6.07 Å². The molecule has 0 aliphatic rings. The summed E-state index contributed by atoms with van der Waals surface area (Å²) in [5.74, 6) is -0.0915. The lowest BCUT2D eigenvalue weighted by molar-refractivity contribution is 0.630. The van der Waals surface area contributed by atoms with E-state index in [9.17, 15) is 4.39 Å². The number of nitrogens with zero attached hydrogens (tertiary/aromatic N) is 2. The van der Waals surface area contributed by atoms with Crippen molar-refractivity contribution in [3.63, 3.8) is 0 Å². The first-order valence-electron chi connectivity index (χ1n) is 4.42. The molecule has 0 saturated carbocycles. The van der Waals surface area contributed by atoms with Crippen LogP contribution in [0.3, 0.4) is 0 Å². The van der Waals surface area contributed by atoms with Crippen molar-refractivity contribution in [3.8, 4) is 11.4 Å². The normalized spacial score (nSPS) is 10.3. The second-order valence-electron chi connectivity index (χ2n) is 3.12. The van der Waals surface area contributed by atoms with Crippen LogP contribution in [0.2, 0.25) is 5.02 Å². The maximum absolute atomic E-state index is 13.5. The molecule has 1 heterocycles. The minimum absolute atomic E-state index is 0.253. The number of aromatic nitrogens is 2. The third kappa shape index (κ3) is 1.97. The van der Waals surface area contributed by atoms with E-state index in [-0.39, 0.29) is 5.56 Å². The summed E-state index contributed by atoms with van der Waals surface area (Å²) in [5.41, 5.74) is 1.03. The van der Waals surface area contributed by atoms with Crippen LogP contribution in [0, 0.1) is 12.7 Å². The molecule has 0 atom stereocenters. The summed E-state index contributed by atoms with van der Waals surface area (Å²) in [7, 11) is 0. The summed E-state index contributed by atoms with van der Waals surface area (Å²) in [4.78, 5) is 8.13. The predicted molar refractivity (Wildman–Crippen MR) is 57.2 cm³/mol. The fourth-order valence-electron chi connectivity index (χ4n) is 1.28. The Labute approximate surface area is 91.8 Å². The Hall–Kier alpha value is -1.48. The average Bonchev–Trinajstić information content (AvgIpc) is 2.17. The third-order valence-corrected chi connectivity index (χ3v) is 2.30.